The molecule has 2 aromatic rings. The number of ether oxygens (including phenoxy) is 1. The van der Waals surface area contributed by atoms with E-state index in [4.69, 9.17) is 4.74 Å². The van der Waals surface area contributed by atoms with E-state index in [2.05, 4.69) is 5.10 Å². The first-order valence-corrected chi connectivity index (χ1v) is 8.31. The van der Waals surface area contributed by atoms with Crippen LogP contribution in [0.1, 0.15) is 29.6 Å². The summed E-state index contributed by atoms with van der Waals surface area (Å²) in [5.74, 6) is 0.864. The number of fused-ring (bicyclic) bond motifs is 2. The molecule has 5 nitrogen and oxygen atoms in total. The van der Waals surface area contributed by atoms with E-state index in [0.717, 1.165) is 19.3 Å². The number of piperidine rings is 1. The van der Waals surface area contributed by atoms with Crippen LogP contribution >= 0.6 is 0 Å². The van der Waals surface area contributed by atoms with Crippen molar-refractivity contribution in [3.63, 3.8) is 0 Å². The Morgan fingerprint density at radius 3 is 2.83 bits per heavy atom. The molecule has 2 fully saturated rings. The van der Waals surface area contributed by atoms with Crippen LogP contribution in [0.4, 0.5) is 4.39 Å². The van der Waals surface area contributed by atoms with E-state index in [9.17, 15) is 9.18 Å². The Bertz CT molecular complexity index is 743. The Morgan fingerprint density at radius 2 is 2.12 bits per heavy atom. The van der Waals surface area contributed by atoms with Crippen LogP contribution in [-0.4, -0.2) is 39.3 Å². The molecule has 1 saturated carbocycles. The summed E-state index contributed by atoms with van der Waals surface area (Å²) in [4.78, 5) is 14.9. The molecule has 2 unspecified atom stereocenters. The minimum absolute atomic E-state index is 0.0306. The minimum Gasteiger partial charge on any atom is -0.491 e. The van der Waals surface area contributed by atoms with E-state index in [1.165, 1.54) is 12.1 Å². The van der Waals surface area contributed by atoms with Crippen LogP contribution in [0.5, 0.6) is 5.75 Å². The number of aromatic nitrogens is 2. The highest BCUT2D eigenvalue weighted by Gasteiger charge is 2.48. The smallest absolute Gasteiger partial charge is 0.257 e. The van der Waals surface area contributed by atoms with Crippen molar-refractivity contribution in [2.45, 2.75) is 31.3 Å². The molecule has 1 aliphatic carbocycles. The molecular weight excluding hydrogens is 309 g/mol. The van der Waals surface area contributed by atoms with E-state index >= 15 is 0 Å². The first-order valence-electron chi connectivity index (χ1n) is 8.31. The molecule has 1 amide bonds. The van der Waals surface area contributed by atoms with Crippen LogP contribution in [0.2, 0.25) is 0 Å². The van der Waals surface area contributed by atoms with Gasteiger partial charge in [-0.25, -0.2) is 4.39 Å². The molecule has 1 saturated heterocycles. The fraction of sp³-hybridized carbons (Fsp3) is 0.444. The van der Waals surface area contributed by atoms with Gasteiger partial charge in [-0.05, 0) is 49.4 Å². The van der Waals surface area contributed by atoms with Gasteiger partial charge in [-0.2, -0.15) is 5.10 Å². The molecule has 1 aromatic heterocycles. The number of hydrogen-bond donors (Lipinski definition) is 0. The SMILES string of the molecule is Cn1cc(C(=O)N2C3CCC(C3)[C@@H]2COc2ccc(F)cc2)cn1. The lowest BCUT2D eigenvalue weighted by Gasteiger charge is -2.35. The van der Waals surface area contributed by atoms with E-state index < -0.39 is 0 Å². The summed E-state index contributed by atoms with van der Waals surface area (Å²) in [6.45, 7) is 0.443. The number of likely N-dealkylation sites (tertiary alicyclic amines) is 1. The van der Waals surface area contributed by atoms with Crippen LogP contribution < -0.4 is 4.74 Å². The van der Waals surface area contributed by atoms with E-state index in [-0.39, 0.29) is 17.8 Å². The zero-order chi connectivity index (χ0) is 16.7. The summed E-state index contributed by atoms with van der Waals surface area (Å²) in [6.07, 6.45) is 6.62. The van der Waals surface area contributed by atoms with Crippen molar-refractivity contribution >= 4 is 5.91 Å². The Hall–Kier alpha value is -2.37. The molecular formula is C18H20FN3O2. The second-order valence-corrected chi connectivity index (χ2v) is 6.67. The van der Waals surface area contributed by atoms with Crippen LogP contribution in [-0.2, 0) is 7.05 Å². The maximum absolute atomic E-state index is 13.0. The molecule has 24 heavy (non-hydrogen) atoms. The third-order valence-corrected chi connectivity index (χ3v) is 5.16. The van der Waals surface area contributed by atoms with Gasteiger partial charge in [0, 0.05) is 19.3 Å². The number of aryl methyl sites for hydroxylation is 1. The number of amides is 1. The molecule has 1 aliphatic heterocycles. The molecule has 4 rings (SSSR count). The van der Waals surface area contributed by atoms with Gasteiger partial charge in [-0.3, -0.25) is 9.48 Å². The highest BCUT2D eigenvalue weighted by Crippen LogP contribution is 2.43. The summed E-state index contributed by atoms with van der Waals surface area (Å²) < 4.78 is 20.5. The number of halogens is 1. The first-order chi connectivity index (χ1) is 11.6. The van der Waals surface area contributed by atoms with E-state index in [1.807, 2.05) is 11.9 Å². The van der Waals surface area contributed by atoms with Gasteiger partial charge in [-0.1, -0.05) is 0 Å². The third kappa shape index (κ3) is 2.66. The number of benzene rings is 1. The molecule has 6 heteroatoms. The number of rotatable bonds is 4. The highest BCUT2D eigenvalue weighted by atomic mass is 19.1. The molecule has 2 aliphatic rings. The van der Waals surface area contributed by atoms with Crippen LogP contribution in [0, 0.1) is 11.7 Å². The number of carbonyl (C=O) groups excluding carboxylic acids is 1. The van der Waals surface area contributed by atoms with Gasteiger partial charge in [0.2, 0.25) is 0 Å². The van der Waals surface area contributed by atoms with Gasteiger partial charge in [-0.15, -0.1) is 0 Å². The Labute approximate surface area is 140 Å². The minimum atomic E-state index is -0.282. The predicted molar refractivity (Wildman–Crippen MR) is 86.2 cm³/mol. The van der Waals surface area contributed by atoms with Crippen molar-refractivity contribution in [2.24, 2.45) is 13.0 Å². The fourth-order valence-electron chi connectivity index (χ4n) is 4.02. The molecule has 3 atom stereocenters. The van der Waals surface area contributed by atoms with Gasteiger partial charge in [0.15, 0.2) is 0 Å². The Kier molecular flexibility index (Phi) is 3.75. The number of carbonyl (C=O) groups is 1. The average Bonchev–Trinajstić information content (AvgIpc) is 3.29. The summed E-state index contributed by atoms with van der Waals surface area (Å²) in [5.41, 5.74) is 0.622. The molecule has 2 bridgehead atoms. The van der Waals surface area contributed by atoms with E-state index in [1.54, 1.807) is 29.2 Å². The molecule has 0 radical (unpaired) electrons. The molecule has 0 N–H and O–H groups in total. The van der Waals surface area contributed by atoms with Crippen LogP contribution in [0.25, 0.3) is 0 Å². The fourth-order valence-corrected chi connectivity index (χ4v) is 4.02. The lowest BCUT2D eigenvalue weighted by Crippen LogP contribution is -2.47. The second kappa shape index (κ2) is 5.92. The maximum atomic E-state index is 13.0. The predicted octanol–water partition coefficient (Wildman–Crippen LogP) is 2.63. The van der Waals surface area contributed by atoms with Gasteiger partial charge >= 0.3 is 0 Å². The van der Waals surface area contributed by atoms with Gasteiger partial charge in [0.1, 0.15) is 18.2 Å². The van der Waals surface area contributed by atoms with Crippen molar-refractivity contribution in [1.82, 2.24) is 14.7 Å². The topological polar surface area (TPSA) is 47.4 Å². The molecule has 2 heterocycles. The third-order valence-electron chi connectivity index (χ3n) is 5.16. The number of hydrogen-bond acceptors (Lipinski definition) is 3. The lowest BCUT2D eigenvalue weighted by atomic mass is 9.99. The normalized spacial score (nSPS) is 25.2. The summed E-state index contributed by atoms with van der Waals surface area (Å²) in [5, 5.41) is 4.10. The molecule has 1 aromatic carbocycles. The lowest BCUT2D eigenvalue weighted by molar-refractivity contribution is 0.0505. The zero-order valence-corrected chi connectivity index (χ0v) is 13.6. The van der Waals surface area contributed by atoms with Crippen molar-refractivity contribution < 1.29 is 13.9 Å². The summed E-state index contributed by atoms with van der Waals surface area (Å²) in [7, 11) is 1.81. The Morgan fingerprint density at radius 1 is 1.33 bits per heavy atom. The zero-order valence-electron chi connectivity index (χ0n) is 13.6. The van der Waals surface area contributed by atoms with Crippen molar-refractivity contribution in [2.75, 3.05) is 6.61 Å². The molecule has 0 spiro atoms. The number of nitrogens with zero attached hydrogens (tertiary/aromatic N) is 3. The van der Waals surface area contributed by atoms with Crippen LogP contribution in [0.3, 0.4) is 0 Å². The quantitative estimate of drug-likeness (QED) is 0.866. The maximum Gasteiger partial charge on any atom is 0.257 e. The Balaban J connectivity index is 1.50. The first kappa shape index (κ1) is 15.2. The van der Waals surface area contributed by atoms with Crippen molar-refractivity contribution in [1.29, 1.82) is 0 Å². The largest absolute Gasteiger partial charge is 0.491 e. The van der Waals surface area contributed by atoms with Gasteiger partial charge in [0.25, 0.3) is 5.91 Å². The van der Waals surface area contributed by atoms with E-state index in [0.29, 0.717) is 29.9 Å². The highest BCUT2D eigenvalue weighted by molar-refractivity contribution is 5.94. The van der Waals surface area contributed by atoms with Crippen molar-refractivity contribution in [3.8, 4) is 5.75 Å². The molecule has 126 valence electrons. The standard InChI is InChI=1S/C18H20FN3O2/c1-21-10-13(9-20-21)18(23)22-15-5-2-12(8-15)17(22)11-24-16-6-3-14(19)4-7-16/h3-4,6-7,9-10,12,15,17H,2,5,8,11H2,1H3/t12?,15?,17-/m0/s1. The van der Waals surface area contributed by atoms with Crippen molar-refractivity contribution in [3.05, 3.63) is 48.0 Å². The van der Waals surface area contributed by atoms with Gasteiger partial charge in [0.05, 0.1) is 17.8 Å². The summed E-state index contributed by atoms with van der Waals surface area (Å²) >= 11 is 0. The van der Waals surface area contributed by atoms with Crippen LogP contribution in [0.15, 0.2) is 36.7 Å². The van der Waals surface area contributed by atoms with Gasteiger partial charge < -0.3 is 9.64 Å². The second-order valence-electron chi connectivity index (χ2n) is 6.67. The average molecular weight is 329 g/mol. The summed E-state index contributed by atoms with van der Waals surface area (Å²) in [6, 6.07) is 6.38. The monoisotopic (exact) mass is 329 g/mol.